The van der Waals surface area contributed by atoms with Crippen molar-refractivity contribution in [1.29, 1.82) is 0 Å². The van der Waals surface area contributed by atoms with Gasteiger partial charge in [0.25, 0.3) is 0 Å². The van der Waals surface area contributed by atoms with Gasteiger partial charge in [0.1, 0.15) is 5.56 Å². The number of carbonyl (C=O) groups is 1. The van der Waals surface area contributed by atoms with E-state index in [4.69, 9.17) is 4.74 Å². The summed E-state index contributed by atoms with van der Waals surface area (Å²) in [5.74, 6) is -0.350. The van der Waals surface area contributed by atoms with Crippen molar-refractivity contribution in [2.75, 3.05) is 40.3 Å². The van der Waals surface area contributed by atoms with Crippen molar-refractivity contribution in [2.24, 2.45) is 0 Å². The number of aromatic nitrogens is 2. The van der Waals surface area contributed by atoms with Crippen molar-refractivity contribution in [1.82, 2.24) is 19.2 Å². The van der Waals surface area contributed by atoms with Gasteiger partial charge in [0.2, 0.25) is 0 Å². The van der Waals surface area contributed by atoms with Gasteiger partial charge in [0.05, 0.1) is 19.0 Å². The molecule has 1 saturated heterocycles. The van der Waals surface area contributed by atoms with Crippen LogP contribution in [0.2, 0.25) is 0 Å². The molecule has 0 aromatic carbocycles. The van der Waals surface area contributed by atoms with Crippen LogP contribution in [0.1, 0.15) is 16.1 Å². The second-order valence-electron chi connectivity index (χ2n) is 5.44. The highest BCUT2D eigenvalue weighted by molar-refractivity contribution is 5.95. The standard InChI is InChI=1S/C15H20N4O2/c1-17-6-8-18(9-7-17)11-12-10-16-14-13(15(20)21-2)4-3-5-19(12)14/h3-5,10H,6-9,11H2,1-2H3. The quantitative estimate of drug-likeness (QED) is 0.784. The summed E-state index contributed by atoms with van der Waals surface area (Å²) in [5, 5.41) is 0. The van der Waals surface area contributed by atoms with E-state index in [-0.39, 0.29) is 5.97 Å². The lowest BCUT2D eigenvalue weighted by Crippen LogP contribution is -2.44. The SMILES string of the molecule is COC(=O)c1cccn2c(CN3CCN(C)CC3)cnc12. The molecule has 2 aromatic heterocycles. The third-order valence-corrected chi connectivity index (χ3v) is 4.00. The van der Waals surface area contributed by atoms with Gasteiger partial charge in [-0.05, 0) is 19.2 Å². The molecule has 112 valence electrons. The maximum Gasteiger partial charge on any atom is 0.341 e. The van der Waals surface area contributed by atoms with E-state index in [1.165, 1.54) is 7.11 Å². The molecule has 0 unspecified atom stereocenters. The van der Waals surface area contributed by atoms with E-state index >= 15 is 0 Å². The molecule has 3 rings (SSSR count). The smallest absolute Gasteiger partial charge is 0.341 e. The summed E-state index contributed by atoms with van der Waals surface area (Å²) in [4.78, 5) is 20.9. The molecule has 2 aromatic rings. The summed E-state index contributed by atoms with van der Waals surface area (Å²) in [5.41, 5.74) is 2.26. The van der Waals surface area contributed by atoms with Crippen LogP contribution < -0.4 is 0 Å². The number of methoxy groups -OCH3 is 1. The number of rotatable bonds is 3. The molecule has 6 nitrogen and oxygen atoms in total. The Morgan fingerprint density at radius 3 is 2.81 bits per heavy atom. The number of ether oxygens (including phenoxy) is 1. The first-order chi connectivity index (χ1) is 10.2. The van der Waals surface area contributed by atoms with Gasteiger partial charge in [-0.15, -0.1) is 0 Å². The average Bonchev–Trinajstić information content (AvgIpc) is 2.92. The van der Waals surface area contributed by atoms with Crippen LogP contribution >= 0.6 is 0 Å². The van der Waals surface area contributed by atoms with Crippen LogP contribution in [-0.2, 0) is 11.3 Å². The van der Waals surface area contributed by atoms with Crippen molar-refractivity contribution in [3.63, 3.8) is 0 Å². The van der Waals surface area contributed by atoms with Crippen molar-refractivity contribution in [3.05, 3.63) is 35.8 Å². The summed E-state index contributed by atoms with van der Waals surface area (Å²) in [6.45, 7) is 5.13. The fourth-order valence-corrected chi connectivity index (χ4v) is 2.68. The summed E-state index contributed by atoms with van der Waals surface area (Å²) in [6, 6.07) is 3.60. The number of pyridine rings is 1. The van der Waals surface area contributed by atoms with Crippen LogP contribution in [-0.4, -0.2) is 65.5 Å². The number of esters is 1. The Balaban J connectivity index is 1.85. The lowest BCUT2D eigenvalue weighted by molar-refractivity contribution is 0.0602. The van der Waals surface area contributed by atoms with Gasteiger partial charge < -0.3 is 14.0 Å². The monoisotopic (exact) mass is 288 g/mol. The Labute approximate surface area is 123 Å². The van der Waals surface area contributed by atoms with Gasteiger partial charge >= 0.3 is 5.97 Å². The first-order valence-electron chi connectivity index (χ1n) is 7.13. The van der Waals surface area contributed by atoms with Crippen LogP contribution in [0.4, 0.5) is 0 Å². The Bertz CT molecular complexity index is 644. The highest BCUT2D eigenvalue weighted by Gasteiger charge is 2.18. The minimum absolute atomic E-state index is 0.350. The second-order valence-corrected chi connectivity index (χ2v) is 5.44. The highest BCUT2D eigenvalue weighted by Crippen LogP contribution is 2.15. The molecule has 0 atom stereocenters. The minimum atomic E-state index is -0.350. The predicted octanol–water partition coefficient (Wildman–Crippen LogP) is 0.868. The number of fused-ring (bicyclic) bond motifs is 1. The highest BCUT2D eigenvalue weighted by atomic mass is 16.5. The third kappa shape index (κ3) is 2.77. The average molecular weight is 288 g/mol. The maximum atomic E-state index is 11.8. The lowest BCUT2D eigenvalue weighted by Gasteiger charge is -2.32. The van der Waals surface area contributed by atoms with Gasteiger partial charge in [-0.3, -0.25) is 4.90 Å². The lowest BCUT2D eigenvalue weighted by atomic mass is 10.2. The minimum Gasteiger partial charge on any atom is -0.465 e. The molecule has 3 heterocycles. The van der Waals surface area contributed by atoms with Crippen molar-refractivity contribution < 1.29 is 9.53 Å². The van der Waals surface area contributed by atoms with Crippen molar-refractivity contribution in [3.8, 4) is 0 Å². The Morgan fingerprint density at radius 1 is 1.33 bits per heavy atom. The zero-order valence-corrected chi connectivity index (χ0v) is 12.5. The van der Waals surface area contributed by atoms with Gasteiger partial charge in [-0.1, -0.05) is 0 Å². The van der Waals surface area contributed by atoms with Crippen LogP contribution in [0.25, 0.3) is 5.65 Å². The number of hydrogen-bond acceptors (Lipinski definition) is 5. The molecular formula is C15H20N4O2. The van der Waals surface area contributed by atoms with Crippen LogP contribution in [0.5, 0.6) is 0 Å². The molecule has 21 heavy (non-hydrogen) atoms. The van der Waals surface area contributed by atoms with E-state index in [2.05, 4.69) is 21.8 Å². The first-order valence-corrected chi connectivity index (χ1v) is 7.13. The fraction of sp³-hybridized carbons (Fsp3) is 0.467. The predicted molar refractivity (Wildman–Crippen MR) is 79.3 cm³/mol. The molecule has 0 N–H and O–H groups in total. The molecule has 0 amide bonds. The molecule has 0 radical (unpaired) electrons. The molecule has 0 spiro atoms. The molecule has 0 bridgehead atoms. The molecular weight excluding hydrogens is 268 g/mol. The second kappa shape index (κ2) is 5.83. The number of nitrogens with zero attached hydrogens (tertiary/aromatic N) is 4. The topological polar surface area (TPSA) is 50.1 Å². The van der Waals surface area contributed by atoms with Gasteiger partial charge in [-0.25, -0.2) is 9.78 Å². The Morgan fingerprint density at radius 2 is 2.10 bits per heavy atom. The molecule has 6 heteroatoms. The summed E-state index contributed by atoms with van der Waals surface area (Å²) in [6.07, 6.45) is 3.79. The van der Waals surface area contributed by atoms with E-state index in [0.29, 0.717) is 11.2 Å². The number of hydrogen-bond donors (Lipinski definition) is 0. The molecule has 0 saturated carbocycles. The normalized spacial score (nSPS) is 17.2. The molecule has 1 fully saturated rings. The molecule has 1 aliphatic heterocycles. The zero-order valence-electron chi connectivity index (χ0n) is 12.5. The fourth-order valence-electron chi connectivity index (χ4n) is 2.68. The van der Waals surface area contributed by atoms with Gasteiger partial charge in [0, 0.05) is 38.9 Å². The zero-order chi connectivity index (χ0) is 14.8. The van der Waals surface area contributed by atoms with Crippen molar-refractivity contribution >= 4 is 11.6 Å². The van der Waals surface area contributed by atoms with E-state index < -0.39 is 0 Å². The van der Waals surface area contributed by atoms with Gasteiger partial charge in [0.15, 0.2) is 5.65 Å². The van der Waals surface area contributed by atoms with E-state index in [0.717, 1.165) is 38.4 Å². The summed E-state index contributed by atoms with van der Waals surface area (Å²) in [7, 11) is 3.54. The largest absolute Gasteiger partial charge is 0.465 e. The summed E-state index contributed by atoms with van der Waals surface area (Å²) >= 11 is 0. The third-order valence-electron chi connectivity index (χ3n) is 4.00. The van der Waals surface area contributed by atoms with Crippen LogP contribution in [0, 0.1) is 0 Å². The first kappa shape index (κ1) is 14.0. The number of imidazole rings is 1. The van der Waals surface area contributed by atoms with Crippen LogP contribution in [0.3, 0.4) is 0 Å². The number of piperazine rings is 1. The maximum absolute atomic E-state index is 11.8. The summed E-state index contributed by atoms with van der Waals surface area (Å²) < 4.78 is 6.78. The van der Waals surface area contributed by atoms with Crippen LogP contribution in [0.15, 0.2) is 24.5 Å². The van der Waals surface area contributed by atoms with E-state index in [1.54, 1.807) is 6.07 Å². The molecule has 1 aliphatic rings. The van der Waals surface area contributed by atoms with Gasteiger partial charge in [-0.2, -0.15) is 0 Å². The Kier molecular flexibility index (Phi) is 3.90. The van der Waals surface area contributed by atoms with E-state index in [1.807, 2.05) is 22.9 Å². The van der Waals surface area contributed by atoms with E-state index in [9.17, 15) is 4.79 Å². The molecule has 0 aliphatic carbocycles. The Hall–Kier alpha value is -1.92. The number of carbonyl (C=O) groups excluding carboxylic acids is 1. The van der Waals surface area contributed by atoms with Crippen molar-refractivity contribution in [2.45, 2.75) is 6.54 Å². The number of likely N-dealkylation sites (N-methyl/N-ethyl adjacent to an activating group) is 1.